The quantitative estimate of drug-likeness (QED) is 0.474. The maximum Gasteiger partial charge on any atom is 0.227 e. The molecule has 0 radical (unpaired) electrons. The Bertz CT molecular complexity index is 931. The zero-order valence-corrected chi connectivity index (χ0v) is 14.9. The van der Waals surface area contributed by atoms with Gasteiger partial charge in [-0.25, -0.2) is 4.98 Å². The fourth-order valence-electron chi connectivity index (χ4n) is 2.92. The number of benzene rings is 3. The average molecular weight is 340 g/mol. The molecule has 0 saturated carbocycles. The zero-order chi connectivity index (χ0) is 17.9. The first-order chi connectivity index (χ1) is 12.7. The predicted octanol–water partition coefficient (Wildman–Crippen LogP) is 5.74. The number of anilines is 1. The van der Waals surface area contributed by atoms with E-state index in [0.29, 0.717) is 5.89 Å². The molecule has 0 saturated heterocycles. The van der Waals surface area contributed by atoms with Gasteiger partial charge in [-0.05, 0) is 24.3 Å². The summed E-state index contributed by atoms with van der Waals surface area (Å²) in [6.45, 7) is 0. The molecule has 0 aliphatic heterocycles. The predicted molar refractivity (Wildman–Crippen MR) is 107 cm³/mol. The minimum atomic E-state index is 0.632. The molecule has 0 N–H and O–H groups in total. The van der Waals surface area contributed by atoms with Gasteiger partial charge in [-0.15, -0.1) is 0 Å². The summed E-state index contributed by atoms with van der Waals surface area (Å²) in [6, 6.07) is 28.5. The second-order valence-corrected chi connectivity index (χ2v) is 6.37. The number of hydrogen-bond acceptors (Lipinski definition) is 3. The summed E-state index contributed by atoms with van der Waals surface area (Å²) in [5.41, 5.74) is 5.05. The van der Waals surface area contributed by atoms with Crippen molar-refractivity contribution >= 4 is 5.69 Å². The Morgan fingerprint density at radius 2 is 1.23 bits per heavy atom. The molecule has 0 aliphatic carbocycles. The molecular formula is C23H20N2O. The molecule has 3 aromatic carbocycles. The molecule has 0 spiro atoms. The lowest BCUT2D eigenvalue weighted by atomic mass is 10.1. The van der Waals surface area contributed by atoms with Crippen LogP contribution >= 0.6 is 0 Å². The summed E-state index contributed by atoms with van der Waals surface area (Å²) in [5.74, 6) is 1.43. The highest BCUT2D eigenvalue weighted by molar-refractivity contribution is 5.79. The van der Waals surface area contributed by atoms with Crippen LogP contribution < -0.4 is 4.90 Å². The van der Waals surface area contributed by atoms with Crippen LogP contribution in [0.4, 0.5) is 5.69 Å². The molecule has 4 aromatic rings. The fourth-order valence-corrected chi connectivity index (χ4v) is 2.92. The Labute approximate surface area is 153 Å². The van der Waals surface area contributed by atoms with Crippen molar-refractivity contribution in [1.82, 2.24) is 4.98 Å². The molecule has 4 rings (SSSR count). The molecule has 3 nitrogen and oxygen atoms in total. The van der Waals surface area contributed by atoms with Crippen molar-refractivity contribution in [1.29, 1.82) is 0 Å². The SMILES string of the molecule is CN(C)c1ccc(-c2nc(-c3ccccc3)c(-c3ccccc3)o2)cc1. The van der Waals surface area contributed by atoms with Crippen LogP contribution in [-0.4, -0.2) is 19.1 Å². The summed E-state index contributed by atoms with van der Waals surface area (Å²) in [5, 5.41) is 0. The van der Waals surface area contributed by atoms with Gasteiger partial charge in [0.25, 0.3) is 0 Å². The molecule has 0 atom stereocenters. The van der Waals surface area contributed by atoms with Gasteiger partial charge >= 0.3 is 0 Å². The summed E-state index contributed by atoms with van der Waals surface area (Å²) in [4.78, 5) is 6.89. The molecule has 1 heterocycles. The van der Waals surface area contributed by atoms with E-state index >= 15 is 0 Å². The molecule has 0 unspecified atom stereocenters. The fraction of sp³-hybridized carbons (Fsp3) is 0.0870. The number of nitrogens with zero attached hydrogens (tertiary/aromatic N) is 2. The average Bonchev–Trinajstić information content (AvgIpc) is 3.15. The van der Waals surface area contributed by atoms with Crippen LogP contribution in [0.3, 0.4) is 0 Å². The van der Waals surface area contributed by atoms with Crippen LogP contribution in [0.2, 0.25) is 0 Å². The highest BCUT2D eigenvalue weighted by Gasteiger charge is 2.17. The maximum atomic E-state index is 6.22. The van der Waals surface area contributed by atoms with E-state index in [-0.39, 0.29) is 0 Å². The first kappa shape index (κ1) is 16.2. The molecule has 26 heavy (non-hydrogen) atoms. The number of oxazole rings is 1. The van der Waals surface area contributed by atoms with E-state index in [4.69, 9.17) is 9.40 Å². The van der Waals surface area contributed by atoms with Crippen LogP contribution in [0.25, 0.3) is 34.0 Å². The van der Waals surface area contributed by atoms with Crippen LogP contribution in [0.15, 0.2) is 89.3 Å². The van der Waals surface area contributed by atoms with Crippen LogP contribution in [-0.2, 0) is 0 Å². The maximum absolute atomic E-state index is 6.22. The van der Waals surface area contributed by atoms with E-state index in [0.717, 1.165) is 33.8 Å². The summed E-state index contributed by atoms with van der Waals surface area (Å²) in [7, 11) is 4.06. The van der Waals surface area contributed by atoms with Crippen LogP contribution in [0, 0.1) is 0 Å². The van der Waals surface area contributed by atoms with Crippen molar-refractivity contribution in [3.63, 3.8) is 0 Å². The van der Waals surface area contributed by atoms with Gasteiger partial charge in [0.2, 0.25) is 5.89 Å². The lowest BCUT2D eigenvalue weighted by molar-refractivity contribution is 0.589. The molecule has 3 heteroatoms. The lowest BCUT2D eigenvalue weighted by Crippen LogP contribution is -2.07. The van der Waals surface area contributed by atoms with Crippen molar-refractivity contribution < 1.29 is 4.42 Å². The summed E-state index contributed by atoms with van der Waals surface area (Å²) >= 11 is 0. The third kappa shape index (κ3) is 3.11. The monoisotopic (exact) mass is 340 g/mol. The smallest absolute Gasteiger partial charge is 0.227 e. The minimum absolute atomic E-state index is 0.632. The Kier molecular flexibility index (Phi) is 4.28. The largest absolute Gasteiger partial charge is 0.435 e. The van der Waals surface area contributed by atoms with Gasteiger partial charge in [-0.2, -0.15) is 0 Å². The highest BCUT2D eigenvalue weighted by Crippen LogP contribution is 2.36. The molecule has 0 bridgehead atoms. The van der Waals surface area contributed by atoms with Gasteiger partial charge in [-0.1, -0.05) is 60.7 Å². The van der Waals surface area contributed by atoms with Gasteiger partial charge in [0.1, 0.15) is 5.69 Å². The van der Waals surface area contributed by atoms with Gasteiger partial charge < -0.3 is 9.32 Å². The standard InChI is InChI=1S/C23H20N2O/c1-25(2)20-15-13-19(14-16-20)23-24-21(17-9-5-3-6-10-17)22(26-23)18-11-7-4-8-12-18/h3-16H,1-2H3. The topological polar surface area (TPSA) is 29.3 Å². The number of rotatable bonds is 4. The normalized spacial score (nSPS) is 10.7. The summed E-state index contributed by atoms with van der Waals surface area (Å²) < 4.78 is 6.22. The Balaban J connectivity index is 1.83. The second kappa shape index (κ2) is 6.89. The van der Waals surface area contributed by atoms with Crippen LogP contribution in [0.1, 0.15) is 0 Å². The molecular weight excluding hydrogens is 320 g/mol. The van der Waals surface area contributed by atoms with Crippen molar-refractivity contribution in [2.24, 2.45) is 0 Å². The second-order valence-electron chi connectivity index (χ2n) is 6.37. The van der Waals surface area contributed by atoms with Crippen molar-refractivity contribution in [3.8, 4) is 34.0 Å². The first-order valence-corrected chi connectivity index (χ1v) is 8.62. The van der Waals surface area contributed by atoms with E-state index in [1.54, 1.807) is 0 Å². The Morgan fingerprint density at radius 1 is 0.654 bits per heavy atom. The van der Waals surface area contributed by atoms with Gasteiger partial charge in [-0.3, -0.25) is 0 Å². The molecule has 0 aliphatic rings. The van der Waals surface area contributed by atoms with E-state index in [2.05, 4.69) is 29.2 Å². The van der Waals surface area contributed by atoms with E-state index < -0.39 is 0 Å². The Morgan fingerprint density at radius 3 is 1.81 bits per heavy atom. The van der Waals surface area contributed by atoms with Gasteiger partial charge in [0.15, 0.2) is 5.76 Å². The molecule has 0 amide bonds. The van der Waals surface area contributed by atoms with E-state index in [9.17, 15) is 0 Å². The highest BCUT2D eigenvalue weighted by atomic mass is 16.4. The molecule has 0 fully saturated rings. The zero-order valence-electron chi connectivity index (χ0n) is 14.9. The Hall–Kier alpha value is -3.33. The third-order valence-electron chi connectivity index (χ3n) is 4.34. The third-order valence-corrected chi connectivity index (χ3v) is 4.34. The summed E-state index contributed by atoms with van der Waals surface area (Å²) in [6.07, 6.45) is 0. The molecule has 128 valence electrons. The van der Waals surface area contributed by atoms with Gasteiger partial charge in [0.05, 0.1) is 0 Å². The minimum Gasteiger partial charge on any atom is -0.435 e. The van der Waals surface area contributed by atoms with E-state index in [1.807, 2.05) is 74.8 Å². The van der Waals surface area contributed by atoms with Crippen LogP contribution in [0.5, 0.6) is 0 Å². The van der Waals surface area contributed by atoms with Crippen molar-refractivity contribution in [2.45, 2.75) is 0 Å². The number of hydrogen-bond donors (Lipinski definition) is 0. The van der Waals surface area contributed by atoms with Crippen molar-refractivity contribution in [2.75, 3.05) is 19.0 Å². The first-order valence-electron chi connectivity index (χ1n) is 8.62. The lowest BCUT2D eigenvalue weighted by Gasteiger charge is -2.11. The van der Waals surface area contributed by atoms with Crippen molar-refractivity contribution in [3.05, 3.63) is 84.9 Å². The van der Waals surface area contributed by atoms with E-state index in [1.165, 1.54) is 0 Å². The van der Waals surface area contributed by atoms with Gasteiger partial charge in [0, 0.05) is 36.5 Å². The number of aromatic nitrogens is 1. The molecule has 1 aromatic heterocycles.